The van der Waals surface area contributed by atoms with Crippen molar-refractivity contribution in [3.63, 3.8) is 0 Å². The lowest BCUT2D eigenvalue weighted by molar-refractivity contribution is -0.0390. The van der Waals surface area contributed by atoms with E-state index in [1.807, 2.05) is 0 Å². The summed E-state index contributed by atoms with van der Waals surface area (Å²) >= 11 is -0.721. The molecule has 1 rings (SSSR count). The Morgan fingerprint density at radius 1 is 1.00 bits per heavy atom. The van der Waals surface area contributed by atoms with Crippen LogP contribution in [0, 0.1) is 0 Å². The summed E-state index contributed by atoms with van der Waals surface area (Å²) < 4.78 is 83.6. The van der Waals surface area contributed by atoms with Crippen molar-refractivity contribution in [3.8, 4) is 0 Å². The second-order valence-corrected chi connectivity index (χ2v) is 5.26. The normalized spacial score (nSPS) is 14.7. The van der Waals surface area contributed by atoms with Crippen LogP contribution in [0.3, 0.4) is 0 Å². The zero-order valence-electron chi connectivity index (χ0n) is 7.80. The number of thioether (sulfide) groups is 1. The molecule has 0 spiro atoms. The Morgan fingerprint density at radius 2 is 1.53 bits per heavy atom. The van der Waals surface area contributed by atoms with E-state index in [9.17, 15) is 30.6 Å². The maximum atomic E-state index is 12.2. The van der Waals surface area contributed by atoms with Crippen LogP contribution in [0.15, 0.2) is 34.1 Å². The standard InChI is InChI=1S/C8H4F6OS2/c9-7(10,11)16-5-3-1-2-4-6(5)17(15)8(12,13)14/h1-4H. The van der Waals surface area contributed by atoms with Crippen LogP contribution in [0.25, 0.3) is 0 Å². The Bertz CT molecular complexity index is 425. The lowest BCUT2D eigenvalue weighted by Gasteiger charge is -2.11. The molecule has 1 nitrogen and oxygen atoms in total. The average Bonchev–Trinajstić information content (AvgIpc) is 2.13. The van der Waals surface area contributed by atoms with Gasteiger partial charge in [-0.15, -0.1) is 0 Å². The molecule has 0 aromatic heterocycles. The van der Waals surface area contributed by atoms with Crippen LogP contribution in [0.1, 0.15) is 0 Å². The molecule has 1 atom stereocenters. The highest BCUT2D eigenvalue weighted by atomic mass is 32.2. The Kier molecular flexibility index (Phi) is 4.13. The largest absolute Gasteiger partial charge is 0.475 e. The monoisotopic (exact) mass is 294 g/mol. The molecule has 9 heteroatoms. The van der Waals surface area contributed by atoms with Crippen molar-refractivity contribution in [1.82, 2.24) is 0 Å². The molecule has 0 radical (unpaired) electrons. The van der Waals surface area contributed by atoms with Gasteiger partial charge >= 0.3 is 11.0 Å². The molecule has 0 aliphatic heterocycles. The third kappa shape index (κ3) is 4.23. The van der Waals surface area contributed by atoms with E-state index in [4.69, 9.17) is 0 Å². The summed E-state index contributed by atoms with van der Waals surface area (Å²) in [5, 5.41) is 0. The SMILES string of the molecule is O=S(c1ccccc1SC(F)(F)F)C(F)(F)F. The summed E-state index contributed by atoms with van der Waals surface area (Å²) in [6, 6.07) is 3.85. The summed E-state index contributed by atoms with van der Waals surface area (Å²) in [4.78, 5) is -1.60. The number of alkyl halides is 6. The Morgan fingerprint density at radius 3 is 2.00 bits per heavy atom. The van der Waals surface area contributed by atoms with E-state index in [1.165, 1.54) is 0 Å². The number of rotatable bonds is 2. The van der Waals surface area contributed by atoms with E-state index < -0.39 is 43.4 Å². The average molecular weight is 294 g/mol. The van der Waals surface area contributed by atoms with Crippen molar-refractivity contribution in [2.45, 2.75) is 20.8 Å². The minimum absolute atomic E-state index is 0.712. The molecule has 0 fully saturated rings. The first-order chi connectivity index (χ1) is 7.61. The van der Waals surface area contributed by atoms with Gasteiger partial charge in [0.15, 0.2) is 10.8 Å². The Hall–Kier alpha value is -0.700. The van der Waals surface area contributed by atoms with Crippen LogP contribution in [0.2, 0.25) is 0 Å². The lowest BCUT2D eigenvalue weighted by Crippen LogP contribution is -2.17. The van der Waals surface area contributed by atoms with Gasteiger partial charge in [0.2, 0.25) is 0 Å². The molecular formula is C8H4F6OS2. The summed E-state index contributed by atoms with van der Waals surface area (Å²) in [5.41, 5.74) is -9.81. The molecule has 1 aromatic rings. The fourth-order valence-electron chi connectivity index (χ4n) is 0.937. The molecule has 0 aliphatic carbocycles. The van der Waals surface area contributed by atoms with Crippen molar-refractivity contribution in [2.75, 3.05) is 0 Å². The van der Waals surface area contributed by atoms with Crippen molar-refractivity contribution in [3.05, 3.63) is 24.3 Å². The van der Waals surface area contributed by atoms with E-state index in [1.54, 1.807) is 0 Å². The van der Waals surface area contributed by atoms with Crippen LogP contribution < -0.4 is 0 Å². The smallest absolute Gasteiger partial charge is 0.245 e. The summed E-state index contributed by atoms with van der Waals surface area (Å²) in [6.07, 6.45) is 0. The third-order valence-electron chi connectivity index (χ3n) is 1.48. The predicted molar refractivity (Wildman–Crippen MR) is 50.8 cm³/mol. The Labute approximate surface area is 98.7 Å². The van der Waals surface area contributed by atoms with Crippen LogP contribution in [0.5, 0.6) is 0 Å². The van der Waals surface area contributed by atoms with Gasteiger partial charge in [0, 0.05) is 4.90 Å². The zero-order chi connectivity index (χ0) is 13.3. The van der Waals surface area contributed by atoms with Crippen LogP contribution in [0.4, 0.5) is 26.3 Å². The fraction of sp³-hybridized carbons (Fsp3) is 0.250. The molecule has 17 heavy (non-hydrogen) atoms. The lowest BCUT2D eigenvalue weighted by atomic mass is 10.4. The number of hydrogen-bond acceptors (Lipinski definition) is 2. The van der Waals surface area contributed by atoms with Crippen molar-refractivity contribution >= 4 is 22.6 Å². The van der Waals surface area contributed by atoms with Crippen molar-refractivity contribution in [2.24, 2.45) is 0 Å². The fourth-order valence-corrected chi connectivity index (χ4v) is 2.56. The minimum Gasteiger partial charge on any atom is -0.245 e. The minimum atomic E-state index is -5.08. The molecule has 1 unspecified atom stereocenters. The van der Waals surface area contributed by atoms with Gasteiger partial charge in [0.25, 0.3) is 0 Å². The van der Waals surface area contributed by atoms with Gasteiger partial charge in [0.05, 0.1) is 4.90 Å². The second-order valence-electron chi connectivity index (χ2n) is 2.71. The number of halogens is 6. The zero-order valence-corrected chi connectivity index (χ0v) is 9.43. The van der Waals surface area contributed by atoms with E-state index >= 15 is 0 Å². The van der Waals surface area contributed by atoms with Crippen molar-refractivity contribution < 1.29 is 30.6 Å². The molecule has 0 N–H and O–H groups in total. The molecule has 0 saturated carbocycles. The van der Waals surface area contributed by atoms with Crippen LogP contribution >= 0.6 is 11.8 Å². The third-order valence-corrected chi connectivity index (χ3v) is 3.60. The van der Waals surface area contributed by atoms with E-state index in [0.29, 0.717) is 0 Å². The second kappa shape index (κ2) is 4.89. The first-order valence-electron chi connectivity index (χ1n) is 3.94. The highest BCUT2D eigenvalue weighted by Crippen LogP contribution is 2.41. The Balaban J connectivity index is 3.13. The first-order valence-corrected chi connectivity index (χ1v) is 5.91. The molecule has 0 heterocycles. The molecule has 96 valence electrons. The molecule has 0 amide bonds. The highest BCUT2D eigenvalue weighted by Gasteiger charge is 2.40. The molecule has 0 saturated heterocycles. The van der Waals surface area contributed by atoms with Gasteiger partial charge in [-0.2, -0.15) is 26.3 Å². The maximum absolute atomic E-state index is 12.2. The summed E-state index contributed by atoms with van der Waals surface area (Å²) in [5.74, 6) is 0. The predicted octanol–water partition coefficient (Wildman–Crippen LogP) is 3.93. The highest BCUT2D eigenvalue weighted by molar-refractivity contribution is 8.00. The van der Waals surface area contributed by atoms with Crippen LogP contribution in [-0.2, 0) is 10.8 Å². The van der Waals surface area contributed by atoms with Crippen molar-refractivity contribution in [1.29, 1.82) is 0 Å². The van der Waals surface area contributed by atoms with Crippen LogP contribution in [-0.4, -0.2) is 15.2 Å². The van der Waals surface area contributed by atoms with Gasteiger partial charge in [-0.3, -0.25) is 0 Å². The van der Waals surface area contributed by atoms with E-state index in [-0.39, 0.29) is 0 Å². The van der Waals surface area contributed by atoms with E-state index in [0.717, 1.165) is 24.3 Å². The number of benzene rings is 1. The quantitative estimate of drug-likeness (QED) is 0.607. The topological polar surface area (TPSA) is 17.1 Å². The van der Waals surface area contributed by atoms with Gasteiger partial charge in [-0.25, -0.2) is 4.21 Å². The van der Waals surface area contributed by atoms with Gasteiger partial charge in [-0.1, -0.05) is 12.1 Å². The number of hydrogen-bond donors (Lipinski definition) is 0. The molecule has 0 bridgehead atoms. The summed E-state index contributed by atoms with van der Waals surface area (Å²) in [7, 11) is -3.47. The summed E-state index contributed by atoms with van der Waals surface area (Å²) in [6.45, 7) is 0. The first kappa shape index (κ1) is 14.4. The van der Waals surface area contributed by atoms with Gasteiger partial charge < -0.3 is 0 Å². The van der Waals surface area contributed by atoms with Gasteiger partial charge in [-0.05, 0) is 23.9 Å². The molecule has 1 aromatic carbocycles. The van der Waals surface area contributed by atoms with Gasteiger partial charge in [0.1, 0.15) is 0 Å². The molecular weight excluding hydrogens is 290 g/mol. The molecule has 0 aliphatic rings. The maximum Gasteiger partial charge on any atom is 0.475 e. The van der Waals surface area contributed by atoms with E-state index in [2.05, 4.69) is 0 Å².